The molecule has 0 spiro atoms. The molecule has 1 atom stereocenters. The second-order valence-corrected chi connectivity index (χ2v) is 6.01. The lowest BCUT2D eigenvalue weighted by molar-refractivity contribution is 0.337. The molecule has 0 saturated carbocycles. The Morgan fingerprint density at radius 2 is 1.62 bits per heavy atom. The maximum Gasteiger partial charge on any atom is 0.00757 e. The summed E-state index contributed by atoms with van der Waals surface area (Å²) in [6.07, 6.45) is 8.09. The van der Waals surface area contributed by atoms with Crippen molar-refractivity contribution in [2.24, 2.45) is 16.7 Å². The first kappa shape index (κ1) is 10.6. The summed E-state index contributed by atoms with van der Waals surface area (Å²) in [5.74, 6) is 0.488. The molecule has 0 aromatic rings. The number of rotatable bonds is 0. The zero-order valence-corrected chi connectivity index (χ0v) is 9.73. The van der Waals surface area contributed by atoms with Gasteiger partial charge in [-0.3, -0.25) is 0 Å². The Labute approximate surface area is 82.7 Å². The summed E-state index contributed by atoms with van der Waals surface area (Å²) >= 11 is 0. The van der Waals surface area contributed by atoms with Gasteiger partial charge in [0.05, 0.1) is 0 Å². The molecule has 0 nitrogen and oxygen atoms in total. The van der Waals surface area contributed by atoms with Gasteiger partial charge in [-0.2, -0.15) is 0 Å². The molecular formula is C13H21. The number of hydrogen-bond donors (Lipinski definition) is 0. The van der Waals surface area contributed by atoms with E-state index in [2.05, 4.69) is 59.8 Å². The number of hydrogen-bond acceptors (Lipinski definition) is 0. The van der Waals surface area contributed by atoms with Crippen LogP contribution in [-0.2, 0) is 0 Å². The third-order valence-electron chi connectivity index (χ3n) is 2.51. The van der Waals surface area contributed by atoms with Crippen molar-refractivity contribution in [2.45, 2.75) is 41.5 Å². The highest BCUT2D eigenvalue weighted by Crippen LogP contribution is 2.37. The first-order valence-electron chi connectivity index (χ1n) is 5.03. The third-order valence-corrected chi connectivity index (χ3v) is 2.51. The van der Waals surface area contributed by atoms with E-state index < -0.39 is 0 Å². The molecule has 1 rings (SSSR count). The normalized spacial score (nSPS) is 23.5. The van der Waals surface area contributed by atoms with Gasteiger partial charge in [-0.1, -0.05) is 53.7 Å². The van der Waals surface area contributed by atoms with Crippen molar-refractivity contribution in [3.63, 3.8) is 0 Å². The van der Waals surface area contributed by atoms with Gasteiger partial charge in [-0.05, 0) is 22.5 Å². The van der Waals surface area contributed by atoms with E-state index >= 15 is 0 Å². The predicted octanol–water partition coefficient (Wildman–Crippen LogP) is 3.99. The van der Waals surface area contributed by atoms with Gasteiger partial charge in [0.2, 0.25) is 0 Å². The van der Waals surface area contributed by atoms with Crippen molar-refractivity contribution in [1.82, 2.24) is 0 Å². The SMILES string of the molecule is CC(C)(C)C1=[C]C(C(C)(C)C)C=C1. The highest BCUT2D eigenvalue weighted by atomic mass is 14.3. The predicted molar refractivity (Wildman–Crippen MR) is 58.3 cm³/mol. The molecular weight excluding hydrogens is 156 g/mol. The Morgan fingerprint density at radius 1 is 1.08 bits per heavy atom. The van der Waals surface area contributed by atoms with E-state index in [4.69, 9.17) is 0 Å². The molecule has 0 amide bonds. The quantitative estimate of drug-likeness (QED) is 0.525. The molecule has 0 saturated heterocycles. The van der Waals surface area contributed by atoms with Crippen LogP contribution in [0.15, 0.2) is 17.7 Å². The smallest absolute Gasteiger partial charge is 0.00757 e. The molecule has 0 heteroatoms. The summed E-state index contributed by atoms with van der Waals surface area (Å²) in [6, 6.07) is 0. The van der Waals surface area contributed by atoms with Gasteiger partial charge in [-0.25, -0.2) is 0 Å². The van der Waals surface area contributed by atoms with Crippen LogP contribution in [0.3, 0.4) is 0 Å². The zero-order valence-electron chi connectivity index (χ0n) is 9.73. The first-order valence-corrected chi connectivity index (χ1v) is 5.03. The van der Waals surface area contributed by atoms with Gasteiger partial charge in [0, 0.05) is 5.92 Å². The summed E-state index contributed by atoms with van der Waals surface area (Å²) in [7, 11) is 0. The molecule has 1 unspecified atom stereocenters. The minimum absolute atomic E-state index is 0.247. The van der Waals surface area contributed by atoms with E-state index in [-0.39, 0.29) is 5.41 Å². The minimum atomic E-state index is 0.247. The lowest BCUT2D eigenvalue weighted by Crippen LogP contribution is -2.16. The van der Waals surface area contributed by atoms with Crippen molar-refractivity contribution in [2.75, 3.05) is 0 Å². The summed E-state index contributed by atoms with van der Waals surface area (Å²) < 4.78 is 0. The van der Waals surface area contributed by atoms with E-state index in [1.165, 1.54) is 5.57 Å². The van der Waals surface area contributed by atoms with Crippen LogP contribution in [0.4, 0.5) is 0 Å². The van der Waals surface area contributed by atoms with E-state index in [1.54, 1.807) is 0 Å². The van der Waals surface area contributed by atoms with Gasteiger partial charge < -0.3 is 0 Å². The summed E-state index contributed by atoms with van der Waals surface area (Å²) in [5, 5.41) is 0. The van der Waals surface area contributed by atoms with Crippen molar-refractivity contribution in [3.8, 4) is 0 Å². The van der Waals surface area contributed by atoms with E-state index in [0.29, 0.717) is 11.3 Å². The van der Waals surface area contributed by atoms with Gasteiger partial charge in [0.1, 0.15) is 0 Å². The Balaban J connectivity index is 2.84. The topological polar surface area (TPSA) is 0 Å². The highest BCUT2D eigenvalue weighted by molar-refractivity contribution is 5.30. The molecule has 1 aliphatic rings. The van der Waals surface area contributed by atoms with Crippen molar-refractivity contribution in [1.29, 1.82) is 0 Å². The van der Waals surface area contributed by atoms with E-state index in [9.17, 15) is 0 Å². The molecule has 0 aromatic carbocycles. The molecule has 1 radical (unpaired) electrons. The molecule has 0 fully saturated rings. The Hall–Kier alpha value is -0.520. The van der Waals surface area contributed by atoms with Crippen LogP contribution in [0, 0.1) is 22.8 Å². The van der Waals surface area contributed by atoms with Gasteiger partial charge in [0.25, 0.3) is 0 Å². The number of allylic oxidation sites excluding steroid dienone is 4. The van der Waals surface area contributed by atoms with Crippen molar-refractivity contribution in [3.05, 3.63) is 23.8 Å². The maximum absolute atomic E-state index is 3.58. The average molecular weight is 177 g/mol. The lowest BCUT2D eigenvalue weighted by atomic mass is 9.80. The average Bonchev–Trinajstić information content (AvgIpc) is 2.28. The first-order chi connectivity index (χ1) is 5.71. The highest BCUT2D eigenvalue weighted by Gasteiger charge is 2.27. The zero-order chi connectivity index (χ0) is 10.3. The van der Waals surface area contributed by atoms with Crippen molar-refractivity contribution < 1.29 is 0 Å². The standard InChI is InChI=1S/C13H21/c1-12(2,3)10-7-8-11(9-10)13(4,5)6/h7-8,10H,1-6H3. The second-order valence-electron chi connectivity index (χ2n) is 6.01. The fourth-order valence-electron chi connectivity index (χ4n) is 1.43. The molecule has 0 aliphatic heterocycles. The third kappa shape index (κ3) is 2.46. The van der Waals surface area contributed by atoms with Gasteiger partial charge in [-0.15, -0.1) is 0 Å². The molecule has 13 heavy (non-hydrogen) atoms. The van der Waals surface area contributed by atoms with Crippen LogP contribution in [-0.4, -0.2) is 0 Å². The summed E-state index contributed by atoms with van der Waals surface area (Å²) in [6.45, 7) is 13.5. The summed E-state index contributed by atoms with van der Waals surface area (Å²) in [5.41, 5.74) is 1.91. The molecule has 0 N–H and O–H groups in total. The molecule has 1 aliphatic carbocycles. The van der Waals surface area contributed by atoms with E-state index in [0.717, 1.165) is 0 Å². The minimum Gasteiger partial charge on any atom is -0.0762 e. The summed E-state index contributed by atoms with van der Waals surface area (Å²) in [4.78, 5) is 0. The fraction of sp³-hybridized carbons (Fsp3) is 0.692. The molecule has 0 aromatic heterocycles. The van der Waals surface area contributed by atoms with Crippen LogP contribution < -0.4 is 0 Å². The Bertz CT molecular complexity index is 240. The Morgan fingerprint density at radius 3 is 1.85 bits per heavy atom. The van der Waals surface area contributed by atoms with E-state index in [1.807, 2.05) is 0 Å². The van der Waals surface area contributed by atoms with Gasteiger partial charge in [0.15, 0.2) is 0 Å². The van der Waals surface area contributed by atoms with Crippen LogP contribution >= 0.6 is 0 Å². The maximum atomic E-state index is 3.58. The second kappa shape index (κ2) is 3.01. The monoisotopic (exact) mass is 177 g/mol. The van der Waals surface area contributed by atoms with Crippen molar-refractivity contribution >= 4 is 0 Å². The molecule has 0 heterocycles. The van der Waals surface area contributed by atoms with Gasteiger partial charge >= 0.3 is 0 Å². The van der Waals surface area contributed by atoms with Crippen LogP contribution in [0.5, 0.6) is 0 Å². The molecule has 0 bridgehead atoms. The van der Waals surface area contributed by atoms with Crippen LogP contribution in [0.1, 0.15) is 41.5 Å². The molecule has 73 valence electrons. The lowest BCUT2D eigenvalue weighted by Gasteiger charge is -2.24. The van der Waals surface area contributed by atoms with Crippen LogP contribution in [0.2, 0.25) is 0 Å². The van der Waals surface area contributed by atoms with Crippen LogP contribution in [0.25, 0.3) is 0 Å². The fourth-order valence-corrected chi connectivity index (χ4v) is 1.43. The Kier molecular flexibility index (Phi) is 2.44. The largest absolute Gasteiger partial charge is 0.0762 e.